The van der Waals surface area contributed by atoms with E-state index < -0.39 is 0 Å². The lowest BCUT2D eigenvalue weighted by Gasteiger charge is -2.13. The summed E-state index contributed by atoms with van der Waals surface area (Å²) in [7, 11) is 3.64. The average Bonchev–Trinajstić information content (AvgIpc) is 3.34. The number of aromatic nitrogens is 4. The smallest absolute Gasteiger partial charge is 0.295 e. The van der Waals surface area contributed by atoms with Crippen LogP contribution >= 0.6 is 0 Å². The maximum atomic E-state index is 12.5. The standard InChI is InChI=1S/C41H30N4O/c1-44-38-24-21-31(25-39(38)45(2)41(44)46)33-23-22-32(34-15-9-10-16-35(33)34)27-17-19-29(20-18-27)37-26-36(28-11-5-3-6-12-28)42-40(43-37)30-13-7-4-8-14-30/h3-26H,1-2H3. The lowest BCUT2D eigenvalue weighted by molar-refractivity contribution is 0.795. The van der Waals surface area contributed by atoms with Gasteiger partial charge in [-0.05, 0) is 51.2 Å². The molecule has 8 aromatic rings. The molecule has 2 heterocycles. The van der Waals surface area contributed by atoms with E-state index in [1.807, 2.05) is 68.7 Å². The topological polar surface area (TPSA) is 52.7 Å². The zero-order valence-electron chi connectivity index (χ0n) is 25.6. The van der Waals surface area contributed by atoms with Crippen molar-refractivity contribution in [2.45, 2.75) is 0 Å². The fourth-order valence-corrected chi connectivity index (χ4v) is 6.37. The van der Waals surface area contributed by atoms with Crippen LogP contribution in [0.4, 0.5) is 0 Å². The molecule has 46 heavy (non-hydrogen) atoms. The van der Waals surface area contributed by atoms with Gasteiger partial charge in [-0.3, -0.25) is 9.13 Å². The van der Waals surface area contributed by atoms with E-state index >= 15 is 0 Å². The summed E-state index contributed by atoms with van der Waals surface area (Å²) in [6.07, 6.45) is 0. The predicted octanol–water partition coefficient (Wildman–Crippen LogP) is 9.16. The predicted molar refractivity (Wildman–Crippen MR) is 188 cm³/mol. The Morgan fingerprint density at radius 2 is 0.913 bits per heavy atom. The van der Waals surface area contributed by atoms with Crippen molar-refractivity contribution in [1.82, 2.24) is 19.1 Å². The summed E-state index contributed by atoms with van der Waals surface area (Å²) in [5.74, 6) is 0.705. The van der Waals surface area contributed by atoms with E-state index in [2.05, 4.69) is 91.0 Å². The molecule has 0 aliphatic carbocycles. The number of nitrogens with zero attached hydrogens (tertiary/aromatic N) is 4. The molecule has 0 aliphatic rings. The van der Waals surface area contributed by atoms with Crippen LogP contribution in [0.15, 0.2) is 150 Å². The SMILES string of the molecule is Cn1c(=O)n(C)c2cc(-c3ccc(-c4ccc(-c5cc(-c6ccccc6)nc(-c6ccccc6)n5)cc4)c4ccccc34)ccc21. The Labute approximate surface area is 266 Å². The first-order valence-corrected chi connectivity index (χ1v) is 15.3. The number of hydrogen-bond donors (Lipinski definition) is 0. The summed E-state index contributed by atoms with van der Waals surface area (Å²) >= 11 is 0. The van der Waals surface area contributed by atoms with Crippen LogP contribution in [0.5, 0.6) is 0 Å². The third-order valence-electron chi connectivity index (χ3n) is 8.83. The number of rotatable bonds is 5. The van der Waals surface area contributed by atoms with Gasteiger partial charge in [-0.2, -0.15) is 0 Å². The molecule has 5 heteroatoms. The van der Waals surface area contributed by atoms with E-state index in [0.29, 0.717) is 5.82 Å². The number of imidazole rings is 1. The highest BCUT2D eigenvalue weighted by Crippen LogP contribution is 2.37. The molecule has 5 nitrogen and oxygen atoms in total. The van der Waals surface area contributed by atoms with Crippen LogP contribution in [-0.2, 0) is 14.1 Å². The van der Waals surface area contributed by atoms with Gasteiger partial charge < -0.3 is 0 Å². The van der Waals surface area contributed by atoms with Crippen molar-refractivity contribution in [3.05, 3.63) is 156 Å². The molecule has 0 amide bonds. The molecule has 0 radical (unpaired) electrons. The van der Waals surface area contributed by atoms with Crippen LogP contribution in [0.1, 0.15) is 0 Å². The van der Waals surface area contributed by atoms with Gasteiger partial charge in [0.1, 0.15) is 0 Å². The Balaban J connectivity index is 1.20. The minimum Gasteiger partial charge on any atom is -0.295 e. The molecule has 8 rings (SSSR count). The third-order valence-corrected chi connectivity index (χ3v) is 8.83. The van der Waals surface area contributed by atoms with Crippen molar-refractivity contribution >= 4 is 21.8 Å². The lowest BCUT2D eigenvalue weighted by atomic mass is 9.91. The minimum absolute atomic E-state index is 0.0228. The van der Waals surface area contributed by atoms with Crippen LogP contribution in [0.25, 0.3) is 78.0 Å². The second-order valence-corrected chi connectivity index (χ2v) is 11.6. The van der Waals surface area contributed by atoms with Crippen molar-refractivity contribution in [1.29, 1.82) is 0 Å². The van der Waals surface area contributed by atoms with Gasteiger partial charge in [-0.15, -0.1) is 0 Å². The highest BCUT2D eigenvalue weighted by molar-refractivity contribution is 6.05. The molecule has 0 saturated carbocycles. The summed E-state index contributed by atoms with van der Waals surface area (Å²) in [6, 6.07) is 50.3. The van der Waals surface area contributed by atoms with Crippen molar-refractivity contribution in [3.63, 3.8) is 0 Å². The molecule has 0 fully saturated rings. The normalized spacial score (nSPS) is 11.3. The summed E-state index contributed by atoms with van der Waals surface area (Å²) in [5, 5.41) is 2.34. The van der Waals surface area contributed by atoms with Gasteiger partial charge in [0.25, 0.3) is 0 Å². The zero-order chi connectivity index (χ0) is 31.2. The Morgan fingerprint density at radius 1 is 0.435 bits per heavy atom. The molecule has 0 unspecified atom stereocenters. The number of benzene rings is 6. The van der Waals surface area contributed by atoms with Gasteiger partial charge >= 0.3 is 5.69 Å². The van der Waals surface area contributed by atoms with Gasteiger partial charge in [-0.25, -0.2) is 14.8 Å². The first kappa shape index (κ1) is 27.5. The maximum Gasteiger partial charge on any atom is 0.328 e. The van der Waals surface area contributed by atoms with Crippen molar-refractivity contribution < 1.29 is 0 Å². The van der Waals surface area contributed by atoms with Crippen molar-refractivity contribution in [3.8, 4) is 56.2 Å². The molecule has 0 bridgehead atoms. The average molecular weight is 595 g/mol. The van der Waals surface area contributed by atoms with Gasteiger partial charge in [0.2, 0.25) is 0 Å². The molecule has 0 atom stereocenters. The Kier molecular flexibility index (Phi) is 6.65. The summed E-state index contributed by atoms with van der Waals surface area (Å²) in [6.45, 7) is 0. The molecular formula is C41H30N4O. The summed E-state index contributed by atoms with van der Waals surface area (Å²) in [4.78, 5) is 22.5. The van der Waals surface area contributed by atoms with Crippen molar-refractivity contribution in [2.75, 3.05) is 0 Å². The van der Waals surface area contributed by atoms with Crippen LogP contribution < -0.4 is 5.69 Å². The first-order valence-electron chi connectivity index (χ1n) is 15.3. The zero-order valence-corrected chi connectivity index (χ0v) is 25.6. The second kappa shape index (κ2) is 11.1. The summed E-state index contributed by atoms with van der Waals surface area (Å²) in [5.41, 5.74) is 11.2. The van der Waals surface area contributed by atoms with E-state index in [1.54, 1.807) is 9.13 Å². The quantitative estimate of drug-likeness (QED) is 0.200. The molecule has 0 saturated heterocycles. The molecule has 220 valence electrons. The van der Waals surface area contributed by atoms with E-state index in [4.69, 9.17) is 9.97 Å². The maximum absolute atomic E-state index is 12.5. The second-order valence-electron chi connectivity index (χ2n) is 11.6. The Bertz CT molecular complexity index is 2380. The summed E-state index contributed by atoms with van der Waals surface area (Å²) < 4.78 is 3.40. The molecular weight excluding hydrogens is 564 g/mol. The highest BCUT2D eigenvalue weighted by Gasteiger charge is 2.14. The van der Waals surface area contributed by atoms with Crippen molar-refractivity contribution in [2.24, 2.45) is 14.1 Å². The van der Waals surface area contributed by atoms with Crippen LogP contribution in [0.2, 0.25) is 0 Å². The van der Waals surface area contributed by atoms with Crippen LogP contribution in [0, 0.1) is 0 Å². The monoisotopic (exact) mass is 594 g/mol. The third kappa shape index (κ3) is 4.70. The molecule has 2 aromatic heterocycles. The Hall–Kier alpha value is -6.07. The van der Waals surface area contributed by atoms with Gasteiger partial charge in [0, 0.05) is 30.8 Å². The molecule has 0 N–H and O–H groups in total. The number of fused-ring (bicyclic) bond motifs is 2. The first-order chi connectivity index (χ1) is 22.5. The molecule has 0 aliphatic heterocycles. The fourth-order valence-electron chi connectivity index (χ4n) is 6.37. The van der Waals surface area contributed by atoms with Crippen LogP contribution in [0.3, 0.4) is 0 Å². The van der Waals surface area contributed by atoms with Gasteiger partial charge in [-0.1, -0.05) is 127 Å². The lowest BCUT2D eigenvalue weighted by Crippen LogP contribution is -2.19. The molecule has 0 spiro atoms. The number of hydrogen-bond acceptors (Lipinski definition) is 3. The molecule has 6 aromatic carbocycles. The van der Waals surface area contributed by atoms with Gasteiger partial charge in [0.15, 0.2) is 5.82 Å². The Morgan fingerprint density at radius 3 is 1.54 bits per heavy atom. The van der Waals surface area contributed by atoms with E-state index in [0.717, 1.165) is 61.4 Å². The van der Waals surface area contributed by atoms with E-state index in [9.17, 15) is 4.79 Å². The van der Waals surface area contributed by atoms with E-state index in [1.165, 1.54) is 10.8 Å². The van der Waals surface area contributed by atoms with E-state index in [-0.39, 0.29) is 5.69 Å². The van der Waals surface area contributed by atoms with Crippen LogP contribution in [-0.4, -0.2) is 19.1 Å². The highest BCUT2D eigenvalue weighted by atomic mass is 16.1. The minimum atomic E-state index is -0.0228. The fraction of sp³-hybridized carbons (Fsp3) is 0.0488. The van der Waals surface area contributed by atoms with Gasteiger partial charge in [0.05, 0.1) is 22.4 Å². The number of aryl methyl sites for hydroxylation is 2. The largest absolute Gasteiger partial charge is 0.328 e.